The number of phosphoric acid groups is 1. The molecule has 39 heavy (non-hydrogen) atoms. The number of aromatic nitrogens is 2. The predicted molar refractivity (Wildman–Crippen MR) is 145 cm³/mol. The zero-order valence-corrected chi connectivity index (χ0v) is 24.2. The molecular formula is C25H31BrN3O9P. The van der Waals surface area contributed by atoms with Crippen molar-refractivity contribution >= 4 is 35.8 Å². The van der Waals surface area contributed by atoms with Crippen LogP contribution in [-0.2, 0) is 34.5 Å². The lowest BCUT2D eigenvalue weighted by Crippen LogP contribution is -2.42. The van der Waals surface area contributed by atoms with Crippen LogP contribution in [0, 0.1) is 12.8 Å². The van der Waals surface area contributed by atoms with Crippen molar-refractivity contribution in [3.8, 4) is 5.75 Å². The van der Waals surface area contributed by atoms with Gasteiger partial charge in [-0.3, -0.25) is 28.2 Å². The van der Waals surface area contributed by atoms with Crippen LogP contribution in [0.25, 0.3) is 6.08 Å². The van der Waals surface area contributed by atoms with Gasteiger partial charge in [-0.25, -0.2) is 9.36 Å². The average molecular weight is 628 g/mol. The number of rotatable bonds is 9. The second-order valence-electron chi connectivity index (χ2n) is 9.47. The third kappa shape index (κ3) is 6.62. The molecule has 1 saturated heterocycles. The van der Waals surface area contributed by atoms with Gasteiger partial charge in [0.05, 0.1) is 18.8 Å². The lowest BCUT2D eigenvalue weighted by molar-refractivity contribution is -0.155. The molecule has 14 heteroatoms. The molecule has 0 bridgehead atoms. The first-order valence-electron chi connectivity index (χ1n) is 12.5. The maximum atomic E-state index is 13.3. The number of nitrogens with two attached hydrogens (primary N) is 1. The summed E-state index contributed by atoms with van der Waals surface area (Å²) in [7, 11) is -4.03. The first-order chi connectivity index (χ1) is 18.5. The number of halogens is 1. The Bertz CT molecular complexity index is 1410. The lowest BCUT2D eigenvalue weighted by Gasteiger charge is -2.27. The molecule has 1 aromatic heterocycles. The first-order valence-corrected chi connectivity index (χ1v) is 14.8. The van der Waals surface area contributed by atoms with Gasteiger partial charge >= 0.3 is 19.5 Å². The van der Waals surface area contributed by atoms with Gasteiger partial charge in [0.25, 0.3) is 5.56 Å². The van der Waals surface area contributed by atoms with Gasteiger partial charge in [-0.15, -0.1) is 0 Å². The molecule has 0 radical (unpaired) electrons. The SMILES string of the molecule is CCC(C)[C@@H](N)C(=O)O[C@H]1C[C@H](n2cc(/C=C/Br)c(=O)[nH]c2=O)O[C@@H]1COP1(=O)OCc2cccc(C)c2O1. The fraction of sp³-hybridized carbons (Fsp3) is 0.480. The van der Waals surface area contributed by atoms with Gasteiger partial charge in [0.2, 0.25) is 0 Å². The highest BCUT2D eigenvalue weighted by Crippen LogP contribution is 2.55. The number of carbonyl (C=O) groups excluding carboxylic acids is 1. The third-order valence-electron chi connectivity index (χ3n) is 6.80. The number of para-hydroxylation sites is 1. The summed E-state index contributed by atoms with van der Waals surface area (Å²) in [6.07, 6.45) is 0.736. The quantitative estimate of drug-likeness (QED) is 0.311. The van der Waals surface area contributed by atoms with Crippen LogP contribution in [0.3, 0.4) is 0 Å². The van der Waals surface area contributed by atoms with Crippen LogP contribution in [0.15, 0.2) is 39.0 Å². The number of fused-ring (bicyclic) bond motifs is 1. The Labute approximate surface area is 233 Å². The number of hydrogen-bond acceptors (Lipinski definition) is 10. The maximum Gasteiger partial charge on any atom is 0.530 e. The smallest absolute Gasteiger partial charge is 0.458 e. The molecule has 0 spiro atoms. The van der Waals surface area contributed by atoms with E-state index in [9.17, 15) is 18.9 Å². The number of nitrogens with zero attached hydrogens (tertiary/aromatic N) is 1. The van der Waals surface area contributed by atoms with Crippen LogP contribution in [0.4, 0.5) is 0 Å². The van der Waals surface area contributed by atoms with E-state index < -0.39 is 49.5 Å². The van der Waals surface area contributed by atoms with Gasteiger partial charge in [-0.2, -0.15) is 0 Å². The summed E-state index contributed by atoms with van der Waals surface area (Å²) in [5, 5.41) is 0. The molecule has 3 heterocycles. The van der Waals surface area contributed by atoms with Crippen molar-refractivity contribution in [1.82, 2.24) is 9.55 Å². The fourth-order valence-electron chi connectivity index (χ4n) is 4.23. The Kier molecular flexibility index (Phi) is 9.30. The Hall–Kier alpha value is -2.54. The Balaban J connectivity index is 1.56. The molecule has 1 aromatic carbocycles. The molecule has 212 valence electrons. The van der Waals surface area contributed by atoms with Crippen LogP contribution in [0.1, 0.15) is 49.6 Å². The summed E-state index contributed by atoms with van der Waals surface area (Å²) < 4.78 is 42.8. The number of esters is 1. The summed E-state index contributed by atoms with van der Waals surface area (Å²) in [6.45, 7) is 5.25. The molecule has 2 aliphatic heterocycles. The number of aromatic amines is 1. The van der Waals surface area contributed by atoms with E-state index in [4.69, 9.17) is 28.8 Å². The molecule has 4 rings (SSSR count). The monoisotopic (exact) mass is 627 g/mol. The van der Waals surface area contributed by atoms with Crippen LogP contribution in [-0.4, -0.2) is 40.4 Å². The highest BCUT2D eigenvalue weighted by atomic mass is 79.9. The summed E-state index contributed by atoms with van der Waals surface area (Å²) in [5.41, 5.74) is 6.49. The maximum absolute atomic E-state index is 13.3. The number of H-pyrrole nitrogens is 1. The molecule has 0 amide bonds. The summed E-state index contributed by atoms with van der Waals surface area (Å²) in [5.74, 6) is -0.345. The number of ether oxygens (including phenoxy) is 2. The summed E-state index contributed by atoms with van der Waals surface area (Å²) in [6, 6.07) is 4.58. The second-order valence-corrected chi connectivity index (χ2v) is 11.6. The Morgan fingerprint density at radius 1 is 1.38 bits per heavy atom. The van der Waals surface area contributed by atoms with Crippen LogP contribution in [0.2, 0.25) is 0 Å². The minimum atomic E-state index is -4.03. The van der Waals surface area contributed by atoms with Crippen molar-refractivity contribution in [3.63, 3.8) is 0 Å². The number of nitrogens with one attached hydrogen (secondary N) is 1. The number of aryl methyl sites for hydroxylation is 1. The summed E-state index contributed by atoms with van der Waals surface area (Å²) >= 11 is 3.11. The molecule has 1 fully saturated rings. The minimum Gasteiger partial charge on any atom is -0.458 e. The molecule has 0 aliphatic carbocycles. The van der Waals surface area contributed by atoms with Crippen molar-refractivity contribution in [2.75, 3.05) is 6.61 Å². The minimum absolute atomic E-state index is 0.0290. The number of phosphoric ester groups is 1. The van der Waals surface area contributed by atoms with E-state index in [1.54, 1.807) is 6.07 Å². The number of hydrogen-bond donors (Lipinski definition) is 2. The fourth-order valence-corrected chi connectivity index (χ4v) is 5.81. The van der Waals surface area contributed by atoms with Crippen molar-refractivity contribution in [1.29, 1.82) is 0 Å². The number of carbonyl (C=O) groups is 1. The van der Waals surface area contributed by atoms with Gasteiger partial charge in [0.1, 0.15) is 30.2 Å². The van der Waals surface area contributed by atoms with E-state index >= 15 is 0 Å². The van der Waals surface area contributed by atoms with E-state index in [0.717, 1.165) is 11.1 Å². The van der Waals surface area contributed by atoms with Crippen molar-refractivity contribution < 1.29 is 32.4 Å². The third-order valence-corrected chi connectivity index (χ3v) is 8.38. The van der Waals surface area contributed by atoms with E-state index in [2.05, 4.69) is 20.9 Å². The first kappa shape index (κ1) is 29.4. The van der Waals surface area contributed by atoms with E-state index in [1.165, 1.54) is 21.8 Å². The number of benzene rings is 1. The van der Waals surface area contributed by atoms with Gasteiger partial charge < -0.3 is 19.7 Å². The van der Waals surface area contributed by atoms with E-state index in [0.29, 0.717) is 12.2 Å². The van der Waals surface area contributed by atoms with Crippen LogP contribution in [0.5, 0.6) is 5.75 Å². The van der Waals surface area contributed by atoms with Gasteiger partial charge in [-0.1, -0.05) is 54.4 Å². The molecule has 2 aliphatic rings. The summed E-state index contributed by atoms with van der Waals surface area (Å²) in [4.78, 5) is 41.2. The highest BCUT2D eigenvalue weighted by Gasteiger charge is 2.43. The van der Waals surface area contributed by atoms with Gasteiger partial charge in [0, 0.05) is 18.2 Å². The van der Waals surface area contributed by atoms with Crippen molar-refractivity contribution in [3.05, 3.63) is 66.9 Å². The van der Waals surface area contributed by atoms with Gasteiger partial charge in [-0.05, 0) is 29.5 Å². The lowest BCUT2D eigenvalue weighted by atomic mass is 10.0. The molecule has 2 aromatic rings. The Morgan fingerprint density at radius 2 is 2.15 bits per heavy atom. The highest BCUT2D eigenvalue weighted by molar-refractivity contribution is 9.11. The van der Waals surface area contributed by atoms with Crippen molar-refractivity contribution in [2.45, 2.75) is 64.7 Å². The Morgan fingerprint density at radius 3 is 2.87 bits per heavy atom. The normalized spacial score (nSPS) is 26.1. The van der Waals surface area contributed by atoms with Crippen molar-refractivity contribution in [2.24, 2.45) is 11.7 Å². The molecule has 6 atom stereocenters. The molecule has 2 unspecified atom stereocenters. The standard InChI is InChI=1S/C25H31BrN3O9P/c1-4-14(2)21(27)24(31)37-18-10-20(29-11-16(8-9-26)23(30)28-25(29)32)36-19(18)13-35-39(33)34-12-17-7-5-6-15(3)22(17)38-39/h5-9,11,14,18-21H,4,10,12-13,27H2,1-3H3,(H,28,30,32)/b9-8+/t14?,18-,19+,20+,21+,39?/m0/s1. The largest absolute Gasteiger partial charge is 0.530 e. The zero-order chi connectivity index (χ0) is 28.3. The molecule has 12 nitrogen and oxygen atoms in total. The molecule has 0 saturated carbocycles. The van der Waals surface area contributed by atoms with E-state index in [1.807, 2.05) is 32.9 Å². The predicted octanol–water partition coefficient (Wildman–Crippen LogP) is 3.52. The average Bonchev–Trinajstić information content (AvgIpc) is 3.31. The van der Waals surface area contributed by atoms with Crippen LogP contribution >= 0.6 is 23.8 Å². The van der Waals surface area contributed by atoms with Gasteiger partial charge in [0.15, 0.2) is 0 Å². The molecular weight excluding hydrogens is 597 g/mol. The topological polar surface area (TPSA) is 161 Å². The van der Waals surface area contributed by atoms with E-state index in [-0.39, 0.29) is 31.1 Å². The zero-order valence-electron chi connectivity index (χ0n) is 21.7. The molecule has 3 N–H and O–H groups in total. The second kappa shape index (κ2) is 12.3. The van der Waals surface area contributed by atoms with Crippen LogP contribution < -0.4 is 21.5 Å².